The molecule has 1 N–H and O–H groups in total. The third-order valence-electron chi connectivity index (χ3n) is 3.88. The summed E-state index contributed by atoms with van der Waals surface area (Å²) in [5.74, 6) is 1.48. The molecule has 0 aliphatic heterocycles. The van der Waals surface area contributed by atoms with Gasteiger partial charge in [-0.05, 0) is 56.4 Å². The third kappa shape index (κ3) is 3.30. The fourth-order valence-corrected chi connectivity index (χ4v) is 3.44. The molecule has 0 unspecified atom stereocenters. The van der Waals surface area contributed by atoms with Crippen LogP contribution in [-0.2, 0) is 0 Å². The zero-order valence-electron chi connectivity index (χ0n) is 15.3. The van der Waals surface area contributed by atoms with Crippen molar-refractivity contribution in [2.24, 2.45) is 5.41 Å². The normalized spacial score (nSPS) is 12.8. The molecule has 3 aromatic rings. The lowest BCUT2D eigenvalue weighted by molar-refractivity contribution is 0.289. The highest BCUT2D eigenvalue weighted by Crippen LogP contribution is 2.30. The number of aromatic nitrogens is 3. The van der Waals surface area contributed by atoms with Gasteiger partial charge < -0.3 is 9.84 Å². The van der Waals surface area contributed by atoms with Gasteiger partial charge in [0, 0.05) is 11.7 Å². The fourth-order valence-electron chi connectivity index (χ4n) is 3.44. The molecule has 0 fully saturated rings. The van der Waals surface area contributed by atoms with Crippen molar-refractivity contribution in [2.45, 2.75) is 53.5 Å². The minimum absolute atomic E-state index is 0.126. The summed E-state index contributed by atoms with van der Waals surface area (Å²) in [7, 11) is 0. The molecular weight excluding hydrogens is 300 g/mol. The number of nitrogens with zero attached hydrogens (tertiary/aromatic N) is 3. The largest absolute Gasteiger partial charge is 0.461 e. The molecule has 0 aliphatic carbocycles. The van der Waals surface area contributed by atoms with Gasteiger partial charge in [0.1, 0.15) is 5.52 Å². The first kappa shape index (κ1) is 16.6. The highest BCUT2D eigenvalue weighted by molar-refractivity contribution is 5.79. The van der Waals surface area contributed by atoms with Crippen LogP contribution < -0.4 is 5.43 Å². The summed E-state index contributed by atoms with van der Waals surface area (Å²) >= 11 is 0. The van der Waals surface area contributed by atoms with Crippen LogP contribution in [0.4, 0.5) is 0 Å². The second-order valence-electron chi connectivity index (χ2n) is 8.28. The zero-order chi connectivity index (χ0) is 17.5. The van der Waals surface area contributed by atoms with Crippen LogP contribution in [0.25, 0.3) is 22.7 Å². The van der Waals surface area contributed by atoms with E-state index in [0.717, 1.165) is 34.7 Å². The van der Waals surface area contributed by atoms with Crippen LogP contribution in [0.5, 0.6) is 0 Å². The van der Waals surface area contributed by atoms with Gasteiger partial charge in [0.05, 0.1) is 6.26 Å². The molecule has 24 heavy (non-hydrogen) atoms. The summed E-state index contributed by atoms with van der Waals surface area (Å²) < 4.78 is 7.56. The summed E-state index contributed by atoms with van der Waals surface area (Å²) in [6.07, 6.45) is 4.49. The topological polar surface area (TPSA) is 55.9 Å². The highest BCUT2D eigenvalue weighted by Gasteiger charge is 2.28. The summed E-state index contributed by atoms with van der Waals surface area (Å²) in [5.41, 5.74) is 6.51. The van der Waals surface area contributed by atoms with Gasteiger partial charge >= 0.3 is 0 Å². The van der Waals surface area contributed by atoms with E-state index < -0.39 is 0 Å². The van der Waals surface area contributed by atoms with Gasteiger partial charge in [0.15, 0.2) is 17.2 Å². The van der Waals surface area contributed by atoms with Crippen LogP contribution in [0, 0.1) is 12.3 Å². The highest BCUT2D eigenvalue weighted by atomic mass is 16.3. The Morgan fingerprint density at radius 1 is 1.17 bits per heavy atom. The van der Waals surface area contributed by atoms with Crippen LogP contribution in [-0.4, -0.2) is 20.2 Å². The Morgan fingerprint density at radius 2 is 1.92 bits per heavy atom. The Hall–Kier alpha value is -2.30. The third-order valence-corrected chi connectivity index (χ3v) is 3.88. The minimum atomic E-state index is -0.126. The second-order valence-corrected chi connectivity index (χ2v) is 8.28. The molecule has 0 amide bonds. The number of pyridine rings is 1. The summed E-state index contributed by atoms with van der Waals surface area (Å²) in [4.78, 5) is 9.33. The Kier molecular flexibility index (Phi) is 3.90. The van der Waals surface area contributed by atoms with Gasteiger partial charge in [-0.15, -0.1) is 0 Å². The van der Waals surface area contributed by atoms with Crippen LogP contribution in [0.15, 0.2) is 35.1 Å². The van der Waals surface area contributed by atoms with Crippen molar-refractivity contribution in [1.29, 1.82) is 0 Å². The average Bonchev–Trinajstić information content (AvgIpc) is 3.04. The van der Waals surface area contributed by atoms with Gasteiger partial charge in [-0.3, -0.25) is 0 Å². The molecule has 3 heterocycles. The van der Waals surface area contributed by atoms with Crippen molar-refractivity contribution in [1.82, 2.24) is 14.6 Å². The zero-order valence-corrected chi connectivity index (χ0v) is 15.3. The smallest absolute Gasteiger partial charge is 0.197 e. The van der Waals surface area contributed by atoms with Crippen molar-refractivity contribution in [3.63, 3.8) is 0 Å². The first-order valence-electron chi connectivity index (χ1n) is 8.32. The molecule has 128 valence electrons. The van der Waals surface area contributed by atoms with E-state index in [9.17, 15) is 0 Å². The van der Waals surface area contributed by atoms with Crippen molar-refractivity contribution >= 4 is 11.2 Å². The minimum Gasteiger partial charge on any atom is -0.461 e. The van der Waals surface area contributed by atoms with Crippen molar-refractivity contribution in [2.75, 3.05) is 5.43 Å². The first-order valence-corrected chi connectivity index (χ1v) is 8.32. The Morgan fingerprint density at radius 3 is 2.54 bits per heavy atom. The van der Waals surface area contributed by atoms with Gasteiger partial charge in [0.2, 0.25) is 0 Å². The number of furan rings is 1. The molecule has 0 aromatic carbocycles. The van der Waals surface area contributed by atoms with Crippen LogP contribution in [0.2, 0.25) is 0 Å². The number of hydrogen-bond acceptors (Lipinski definition) is 4. The van der Waals surface area contributed by atoms with E-state index in [1.165, 1.54) is 0 Å². The lowest BCUT2D eigenvalue weighted by Crippen LogP contribution is -2.41. The van der Waals surface area contributed by atoms with E-state index in [2.05, 4.69) is 45.0 Å². The van der Waals surface area contributed by atoms with E-state index in [0.29, 0.717) is 0 Å². The lowest BCUT2D eigenvalue weighted by atomic mass is 9.82. The monoisotopic (exact) mass is 326 g/mol. The van der Waals surface area contributed by atoms with E-state index in [1.807, 2.05) is 36.0 Å². The van der Waals surface area contributed by atoms with E-state index >= 15 is 0 Å². The lowest BCUT2D eigenvalue weighted by Gasteiger charge is -2.34. The van der Waals surface area contributed by atoms with Crippen molar-refractivity contribution in [3.8, 4) is 11.6 Å². The fraction of sp³-hybridized carbons (Fsp3) is 0.474. The molecule has 0 bridgehead atoms. The van der Waals surface area contributed by atoms with Gasteiger partial charge in [0.25, 0.3) is 0 Å². The van der Waals surface area contributed by atoms with Gasteiger partial charge in [-0.25, -0.2) is 14.6 Å². The molecule has 0 atom stereocenters. The molecule has 3 aromatic heterocycles. The quantitative estimate of drug-likeness (QED) is 0.751. The molecule has 5 heteroatoms. The van der Waals surface area contributed by atoms with E-state index in [-0.39, 0.29) is 11.0 Å². The Labute approximate surface area is 143 Å². The number of fused-ring (bicyclic) bond motifs is 1. The average molecular weight is 326 g/mol. The molecule has 0 saturated carbocycles. The summed E-state index contributed by atoms with van der Waals surface area (Å²) in [5, 5.41) is 0. The van der Waals surface area contributed by atoms with Crippen molar-refractivity contribution in [3.05, 3.63) is 36.2 Å². The molecule has 3 rings (SSSR count). The van der Waals surface area contributed by atoms with E-state index in [1.54, 1.807) is 6.26 Å². The standard InChI is InChI=1S/C19H26N4O/c1-13-9-10-20-17-15(13)21-16(14-8-7-11-24-14)23(17)22-19(5,6)12-18(2,3)4/h7-11,22H,12H2,1-6H3. The predicted octanol–water partition coefficient (Wildman–Crippen LogP) is 4.76. The molecule has 5 nitrogen and oxygen atoms in total. The molecule has 0 aliphatic rings. The Bertz CT molecular complexity index is 838. The van der Waals surface area contributed by atoms with Crippen molar-refractivity contribution < 1.29 is 4.42 Å². The predicted molar refractivity (Wildman–Crippen MR) is 97.5 cm³/mol. The maximum Gasteiger partial charge on any atom is 0.197 e. The van der Waals surface area contributed by atoms with Crippen LogP contribution in [0.3, 0.4) is 0 Å². The summed E-state index contributed by atoms with van der Waals surface area (Å²) in [6.45, 7) is 13.2. The van der Waals surface area contributed by atoms with E-state index in [4.69, 9.17) is 9.40 Å². The number of rotatable bonds is 4. The maximum absolute atomic E-state index is 5.59. The van der Waals surface area contributed by atoms with Crippen LogP contribution in [0.1, 0.15) is 46.6 Å². The number of imidazole rings is 1. The SMILES string of the molecule is Cc1ccnc2c1nc(-c1ccco1)n2NC(C)(C)CC(C)(C)C. The first-order chi connectivity index (χ1) is 11.2. The molecule has 0 radical (unpaired) electrons. The maximum atomic E-state index is 5.59. The number of hydrogen-bond donors (Lipinski definition) is 1. The molecule has 0 saturated heterocycles. The Balaban J connectivity index is 2.12. The number of nitrogens with one attached hydrogen (secondary N) is 1. The van der Waals surface area contributed by atoms with Crippen LogP contribution >= 0.6 is 0 Å². The molecule has 0 spiro atoms. The van der Waals surface area contributed by atoms with Gasteiger partial charge in [-0.2, -0.15) is 0 Å². The second kappa shape index (κ2) is 5.65. The molecular formula is C19H26N4O. The number of aryl methyl sites for hydroxylation is 1. The summed E-state index contributed by atoms with van der Waals surface area (Å²) in [6, 6.07) is 5.77. The van der Waals surface area contributed by atoms with Gasteiger partial charge in [-0.1, -0.05) is 20.8 Å².